The molecule has 11 heteroatoms. The fourth-order valence-electron chi connectivity index (χ4n) is 6.31. The van der Waals surface area contributed by atoms with Gasteiger partial charge in [-0.1, -0.05) is 86.2 Å². The number of hydrogen-bond donors (Lipinski definition) is 3. The third-order valence-electron chi connectivity index (χ3n) is 8.48. The minimum atomic E-state index is -0.836. The molecular weight excluding hydrogens is 594 g/mol. The Kier molecular flexibility index (Phi) is 10.5. The first-order valence-corrected chi connectivity index (χ1v) is 15.7. The van der Waals surface area contributed by atoms with Crippen LogP contribution in [0.3, 0.4) is 0 Å². The van der Waals surface area contributed by atoms with Crippen molar-refractivity contribution in [2.45, 2.75) is 45.1 Å². The van der Waals surface area contributed by atoms with Gasteiger partial charge in [0.1, 0.15) is 18.0 Å². The van der Waals surface area contributed by atoms with Crippen LogP contribution in [-0.2, 0) is 29.1 Å². The van der Waals surface area contributed by atoms with Crippen LogP contribution in [0.1, 0.15) is 35.6 Å². The van der Waals surface area contributed by atoms with Gasteiger partial charge >= 0.3 is 6.03 Å². The topological polar surface area (TPSA) is 126 Å². The highest BCUT2D eigenvalue weighted by Gasteiger charge is 2.52. The van der Waals surface area contributed by atoms with E-state index in [1.807, 2.05) is 55.5 Å². The number of terminal acetylenes is 1. The van der Waals surface area contributed by atoms with Gasteiger partial charge in [0.2, 0.25) is 11.8 Å². The summed E-state index contributed by atoms with van der Waals surface area (Å²) in [5.41, 5.74) is 3.95. The standard InChI is InChI=1S/C36H41N7O4/c1-4-19-40(37)34-28(6-3)13-10-14-29(34)23-39-24-32-42(41(20-5-2)36(47)38-22-27-11-8-7-9-12-27)25-33(45)43(32)31(35(39)46)21-26-15-17-30(44)18-16-26/h1,6-18,31-32,44H,3,5,19-25,37H2,2H3,(H,38,47)/t31-,32+/m0/s1. The molecule has 2 fully saturated rings. The number of nitrogens with one attached hydrogen (secondary N) is 1. The third-order valence-corrected chi connectivity index (χ3v) is 8.48. The van der Waals surface area contributed by atoms with Crippen molar-refractivity contribution in [1.29, 1.82) is 0 Å². The Balaban J connectivity index is 1.49. The summed E-state index contributed by atoms with van der Waals surface area (Å²) in [4.78, 5) is 45.1. The lowest BCUT2D eigenvalue weighted by Gasteiger charge is -2.46. The van der Waals surface area contributed by atoms with Crippen molar-refractivity contribution in [3.63, 3.8) is 0 Å². The zero-order chi connectivity index (χ0) is 33.5. The number of fused-ring (bicyclic) bond motifs is 1. The fraction of sp³-hybridized carbons (Fsp3) is 0.306. The first-order valence-electron chi connectivity index (χ1n) is 15.7. The second-order valence-corrected chi connectivity index (χ2v) is 11.6. The highest BCUT2D eigenvalue weighted by Crippen LogP contribution is 2.33. The number of rotatable bonds is 12. The smallest absolute Gasteiger partial charge is 0.332 e. The minimum absolute atomic E-state index is 0.0490. The van der Waals surface area contributed by atoms with E-state index in [0.29, 0.717) is 25.2 Å². The lowest BCUT2D eigenvalue weighted by molar-refractivity contribution is -0.157. The molecule has 2 aliphatic heterocycles. The summed E-state index contributed by atoms with van der Waals surface area (Å²) in [5.74, 6) is 8.59. The highest BCUT2D eigenvalue weighted by atomic mass is 16.3. The maximum absolute atomic E-state index is 14.3. The van der Waals surface area contributed by atoms with Gasteiger partial charge in [0, 0.05) is 26.1 Å². The number of anilines is 1. The Bertz CT molecular complexity index is 1640. The molecule has 11 nitrogen and oxygen atoms in total. The number of aromatic hydroxyl groups is 1. The molecule has 2 atom stereocenters. The summed E-state index contributed by atoms with van der Waals surface area (Å²) >= 11 is 0. The monoisotopic (exact) mass is 635 g/mol. The molecule has 0 saturated carbocycles. The van der Waals surface area contributed by atoms with Gasteiger partial charge in [-0.2, -0.15) is 5.01 Å². The number of phenolic OH excluding ortho intramolecular Hbond substituents is 1. The van der Waals surface area contributed by atoms with E-state index in [0.717, 1.165) is 22.3 Å². The summed E-state index contributed by atoms with van der Waals surface area (Å²) in [5, 5.41) is 17.7. The van der Waals surface area contributed by atoms with E-state index in [9.17, 15) is 19.5 Å². The number of urea groups is 1. The van der Waals surface area contributed by atoms with E-state index >= 15 is 0 Å². The first kappa shape index (κ1) is 33.1. The van der Waals surface area contributed by atoms with Crippen molar-refractivity contribution < 1.29 is 19.5 Å². The molecule has 0 aromatic heterocycles. The van der Waals surface area contributed by atoms with Gasteiger partial charge in [-0.3, -0.25) is 19.6 Å². The lowest BCUT2D eigenvalue weighted by atomic mass is 9.99. The lowest BCUT2D eigenvalue weighted by Crippen LogP contribution is -2.66. The molecular formula is C36H41N7O4. The van der Waals surface area contributed by atoms with Crippen LogP contribution in [0.25, 0.3) is 6.08 Å². The zero-order valence-corrected chi connectivity index (χ0v) is 26.6. The molecule has 47 heavy (non-hydrogen) atoms. The van der Waals surface area contributed by atoms with E-state index in [2.05, 4.69) is 17.8 Å². The molecule has 4 N–H and O–H groups in total. The number of piperazine rings is 1. The predicted octanol–water partition coefficient (Wildman–Crippen LogP) is 3.31. The number of carbonyl (C=O) groups excluding carboxylic acids is 3. The van der Waals surface area contributed by atoms with Crippen molar-refractivity contribution in [2.24, 2.45) is 5.84 Å². The third kappa shape index (κ3) is 7.25. The van der Waals surface area contributed by atoms with Gasteiger partial charge in [0.05, 0.1) is 25.3 Å². The molecule has 5 rings (SSSR count). The summed E-state index contributed by atoms with van der Waals surface area (Å²) in [6.07, 6.45) is 7.57. The predicted molar refractivity (Wildman–Crippen MR) is 181 cm³/mol. The van der Waals surface area contributed by atoms with E-state index in [1.165, 1.54) is 5.01 Å². The van der Waals surface area contributed by atoms with E-state index in [1.54, 1.807) is 50.2 Å². The molecule has 2 heterocycles. The average Bonchev–Trinajstić information content (AvgIpc) is 3.40. The molecule has 0 spiro atoms. The Hall–Kier alpha value is -5.31. The molecule has 4 amide bonds. The van der Waals surface area contributed by atoms with Crippen LogP contribution in [0.4, 0.5) is 10.5 Å². The molecule has 244 valence electrons. The van der Waals surface area contributed by atoms with Gasteiger partial charge in [-0.05, 0) is 40.8 Å². The maximum atomic E-state index is 14.3. The number of hydrogen-bond acceptors (Lipinski definition) is 7. The van der Waals surface area contributed by atoms with Crippen molar-refractivity contribution in [2.75, 3.05) is 31.2 Å². The number of amides is 4. The van der Waals surface area contributed by atoms with Gasteiger partial charge in [0.15, 0.2) is 0 Å². The zero-order valence-electron chi connectivity index (χ0n) is 26.6. The molecule has 2 aliphatic rings. The molecule has 0 unspecified atom stereocenters. The summed E-state index contributed by atoms with van der Waals surface area (Å²) in [6, 6.07) is 20.7. The van der Waals surface area contributed by atoms with Crippen molar-refractivity contribution >= 4 is 29.6 Å². The Morgan fingerprint density at radius 1 is 1.11 bits per heavy atom. The van der Waals surface area contributed by atoms with Gasteiger partial charge < -0.3 is 20.2 Å². The maximum Gasteiger partial charge on any atom is 0.332 e. The van der Waals surface area contributed by atoms with Crippen LogP contribution >= 0.6 is 0 Å². The van der Waals surface area contributed by atoms with Crippen LogP contribution in [-0.4, -0.2) is 81.2 Å². The summed E-state index contributed by atoms with van der Waals surface area (Å²) in [6.45, 7) is 7.08. The van der Waals surface area contributed by atoms with Gasteiger partial charge in [-0.25, -0.2) is 10.6 Å². The Morgan fingerprint density at radius 3 is 2.53 bits per heavy atom. The number of benzene rings is 3. The Labute approximate surface area is 275 Å². The number of carbonyl (C=O) groups is 3. The van der Waals surface area contributed by atoms with Crippen LogP contribution in [0.5, 0.6) is 5.75 Å². The van der Waals surface area contributed by atoms with Crippen molar-refractivity contribution in [1.82, 2.24) is 25.1 Å². The molecule has 3 aromatic carbocycles. The molecule has 3 aromatic rings. The molecule has 0 aliphatic carbocycles. The SMILES string of the molecule is C#CCN(N)c1c(C=C)cccc1CN1C[C@H]2N(C(=O)CN2N(CCC)C(=O)NCc2ccccc2)[C@@H](Cc2ccc(O)cc2)C1=O. The number of nitrogens with zero attached hydrogens (tertiary/aromatic N) is 5. The summed E-state index contributed by atoms with van der Waals surface area (Å²) in [7, 11) is 0. The normalized spacial score (nSPS) is 17.6. The molecule has 0 bridgehead atoms. The number of nitrogens with two attached hydrogens (primary N) is 1. The van der Waals surface area contributed by atoms with Crippen LogP contribution in [0, 0.1) is 12.3 Å². The van der Waals surface area contributed by atoms with Crippen molar-refractivity contribution in [3.05, 3.63) is 102 Å². The highest BCUT2D eigenvalue weighted by molar-refractivity contribution is 5.92. The quantitative estimate of drug-likeness (QED) is 0.158. The van der Waals surface area contributed by atoms with Gasteiger partial charge in [0.25, 0.3) is 0 Å². The first-order chi connectivity index (χ1) is 22.7. The van der Waals surface area contributed by atoms with Crippen molar-refractivity contribution in [3.8, 4) is 18.1 Å². The second-order valence-electron chi connectivity index (χ2n) is 11.6. The fourth-order valence-corrected chi connectivity index (χ4v) is 6.31. The minimum Gasteiger partial charge on any atom is -0.508 e. The van der Waals surface area contributed by atoms with E-state index < -0.39 is 12.2 Å². The largest absolute Gasteiger partial charge is 0.508 e. The molecule has 2 saturated heterocycles. The van der Waals surface area contributed by atoms with E-state index in [4.69, 9.17) is 12.3 Å². The average molecular weight is 636 g/mol. The van der Waals surface area contributed by atoms with Gasteiger partial charge in [-0.15, -0.1) is 6.42 Å². The number of phenols is 1. The van der Waals surface area contributed by atoms with Crippen LogP contribution < -0.4 is 16.2 Å². The Morgan fingerprint density at radius 2 is 1.85 bits per heavy atom. The number of hydrazine groups is 2. The van der Waals surface area contributed by atoms with E-state index in [-0.39, 0.29) is 56.2 Å². The second kappa shape index (κ2) is 14.9. The molecule has 0 radical (unpaired) electrons. The van der Waals surface area contributed by atoms with Crippen LogP contribution in [0.15, 0.2) is 79.4 Å². The summed E-state index contributed by atoms with van der Waals surface area (Å²) < 4.78 is 0. The van der Waals surface area contributed by atoms with Crippen LogP contribution in [0.2, 0.25) is 0 Å². The number of para-hydroxylation sites is 1.